The van der Waals surface area contributed by atoms with Crippen LogP contribution in [0.4, 0.5) is 5.82 Å². The summed E-state index contributed by atoms with van der Waals surface area (Å²) in [6, 6.07) is 7.87. The van der Waals surface area contributed by atoms with E-state index in [-0.39, 0.29) is 0 Å². The Hall–Kier alpha value is -1.35. The first-order valence-electron chi connectivity index (χ1n) is 6.52. The molecule has 0 saturated carbocycles. The van der Waals surface area contributed by atoms with Crippen molar-refractivity contribution >= 4 is 28.5 Å². The first-order chi connectivity index (χ1) is 8.84. The molecule has 0 aliphatic carbocycles. The van der Waals surface area contributed by atoms with Crippen LogP contribution in [0.1, 0.15) is 25.7 Å². The van der Waals surface area contributed by atoms with Crippen LogP contribution in [0.2, 0.25) is 5.15 Å². The first kappa shape index (κ1) is 11.7. The third kappa shape index (κ3) is 2.27. The van der Waals surface area contributed by atoms with Crippen molar-refractivity contribution in [1.82, 2.24) is 9.97 Å². The summed E-state index contributed by atoms with van der Waals surface area (Å²) in [6.45, 7) is 2.07. The van der Waals surface area contributed by atoms with Crippen molar-refractivity contribution in [2.24, 2.45) is 0 Å². The molecule has 1 aromatic carbocycles. The average molecular weight is 262 g/mol. The molecule has 1 aromatic heterocycles. The van der Waals surface area contributed by atoms with Gasteiger partial charge < -0.3 is 4.90 Å². The first-order valence-corrected chi connectivity index (χ1v) is 6.89. The van der Waals surface area contributed by atoms with Gasteiger partial charge in [0.25, 0.3) is 0 Å². The van der Waals surface area contributed by atoms with Crippen molar-refractivity contribution in [2.45, 2.75) is 25.7 Å². The lowest BCUT2D eigenvalue weighted by atomic mass is 10.2. The number of benzene rings is 1. The summed E-state index contributed by atoms with van der Waals surface area (Å²) in [6.07, 6.45) is 5.03. The lowest BCUT2D eigenvalue weighted by Crippen LogP contribution is -2.25. The quantitative estimate of drug-likeness (QED) is 0.784. The average Bonchev–Trinajstić information content (AvgIpc) is 2.66. The van der Waals surface area contributed by atoms with Crippen LogP contribution in [0.3, 0.4) is 0 Å². The van der Waals surface area contributed by atoms with Gasteiger partial charge in [-0.05, 0) is 25.0 Å². The van der Waals surface area contributed by atoms with Gasteiger partial charge in [0, 0.05) is 13.1 Å². The zero-order chi connectivity index (χ0) is 12.4. The summed E-state index contributed by atoms with van der Waals surface area (Å²) in [5, 5.41) is 0.524. The molecule has 3 rings (SSSR count). The summed E-state index contributed by atoms with van der Waals surface area (Å²) >= 11 is 6.27. The number of fused-ring (bicyclic) bond motifs is 1. The molecule has 1 aliphatic rings. The molecule has 1 saturated heterocycles. The van der Waals surface area contributed by atoms with Crippen LogP contribution in [-0.4, -0.2) is 23.1 Å². The van der Waals surface area contributed by atoms with Gasteiger partial charge in [0.15, 0.2) is 11.0 Å². The normalized spacial score (nSPS) is 16.8. The number of nitrogens with zero attached hydrogens (tertiary/aromatic N) is 3. The molecule has 1 fully saturated rings. The molecule has 4 heteroatoms. The van der Waals surface area contributed by atoms with Crippen molar-refractivity contribution in [2.75, 3.05) is 18.0 Å². The van der Waals surface area contributed by atoms with Gasteiger partial charge in [0.2, 0.25) is 0 Å². The van der Waals surface area contributed by atoms with Gasteiger partial charge >= 0.3 is 0 Å². The van der Waals surface area contributed by atoms with Crippen LogP contribution in [0, 0.1) is 0 Å². The molecular formula is C14H16ClN3. The van der Waals surface area contributed by atoms with Crippen LogP contribution in [0.25, 0.3) is 11.0 Å². The van der Waals surface area contributed by atoms with Crippen molar-refractivity contribution in [3.8, 4) is 0 Å². The third-order valence-electron chi connectivity index (χ3n) is 3.42. The van der Waals surface area contributed by atoms with Crippen LogP contribution < -0.4 is 4.90 Å². The highest BCUT2D eigenvalue weighted by molar-refractivity contribution is 6.32. The molecule has 94 valence electrons. The van der Waals surface area contributed by atoms with Crippen molar-refractivity contribution < 1.29 is 0 Å². The minimum Gasteiger partial charge on any atom is -0.354 e. The lowest BCUT2D eigenvalue weighted by molar-refractivity contribution is 0.726. The second-order valence-corrected chi connectivity index (χ2v) is 5.09. The molecule has 0 radical (unpaired) electrons. The molecule has 0 N–H and O–H groups in total. The Morgan fingerprint density at radius 3 is 2.17 bits per heavy atom. The minimum atomic E-state index is 0.524. The number of anilines is 1. The van der Waals surface area contributed by atoms with E-state index in [4.69, 9.17) is 11.6 Å². The Morgan fingerprint density at radius 1 is 0.889 bits per heavy atom. The number of rotatable bonds is 1. The Labute approximate surface area is 112 Å². The maximum absolute atomic E-state index is 6.27. The molecule has 0 amide bonds. The van der Waals surface area contributed by atoms with Gasteiger partial charge in [-0.25, -0.2) is 9.97 Å². The van der Waals surface area contributed by atoms with Gasteiger partial charge in [0.1, 0.15) is 0 Å². The van der Waals surface area contributed by atoms with E-state index in [1.807, 2.05) is 24.3 Å². The molecule has 2 heterocycles. The minimum absolute atomic E-state index is 0.524. The number of para-hydroxylation sites is 2. The van der Waals surface area contributed by atoms with Gasteiger partial charge in [-0.1, -0.05) is 36.6 Å². The molecule has 2 aromatic rings. The SMILES string of the molecule is Clc1nc2ccccc2nc1N1CCCCCC1. The smallest absolute Gasteiger partial charge is 0.172 e. The molecular weight excluding hydrogens is 246 g/mol. The highest BCUT2D eigenvalue weighted by Crippen LogP contribution is 2.26. The van der Waals surface area contributed by atoms with Gasteiger partial charge in [-0.3, -0.25) is 0 Å². The summed E-state index contributed by atoms with van der Waals surface area (Å²) in [5.41, 5.74) is 1.78. The topological polar surface area (TPSA) is 29.0 Å². The van der Waals surface area contributed by atoms with E-state index in [2.05, 4.69) is 14.9 Å². The second-order valence-electron chi connectivity index (χ2n) is 4.73. The molecule has 3 nitrogen and oxygen atoms in total. The van der Waals surface area contributed by atoms with E-state index in [9.17, 15) is 0 Å². The van der Waals surface area contributed by atoms with E-state index >= 15 is 0 Å². The maximum atomic E-state index is 6.27. The van der Waals surface area contributed by atoms with Crippen molar-refractivity contribution in [1.29, 1.82) is 0 Å². The van der Waals surface area contributed by atoms with Gasteiger partial charge in [-0.15, -0.1) is 0 Å². The van der Waals surface area contributed by atoms with Crippen molar-refractivity contribution in [3.63, 3.8) is 0 Å². The Balaban J connectivity index is 2.02. The predicted molar refractivity (Wildman–Crippen MR) is 75.2 cm³/mol. The predicted octanol–water partition coefficient (Wildman–Crippen LogP) is 3.66. The Bertz CT molecular complexity index is 548. The standard InChI is InChI=1S/C14H16ClN3/c15-13-14(18-9-5-1-2-6-10-18)17-12-8-4-3-7-11(12)16-13/h3-4,7-8H,1-2,5-6,9-10H2. The fourth-order valence-corrected chi connectivity index (χ4v) is 2.71. The van der Waals surface area contributed by atoms with Crippen LogP contribution in [0.15, 0.2) is 24.3 Å². The van der Waals surface area contributed by atoms with E-state index < -0.39 is 0 Å². The summed E-state index contributed by atoms with van der Waals surface area (Å²) in [4.78, 5) is 11.4. The molecule has 0 spiro atoms. The molecule has 18 heavy (non-hydrogen) atoms. The van der Waals surface area contributed by atoms with E-state index in [0.717, 1.165) is 29.9 Å². The fraction of sp³-hybridized carbons (Fsp3) is 0.429. The van der Waals surface area contributed by atoms with Crippen molar-refractivity contribution in [3.05, 3.63) is 29.4 Å². The zero-order valence-corrected chi connectivity index (χ0v) is 11.0. The highest BCUT2D eigenvalue weighted by atomic mass is 35.5. The second kappa shape index (κ2) is 5.11. The monoisotopic (exact) mass is 261 g/mol. The summed E-state index contributed by atoms with van der Waals surface area (Å²) in [5.74, 6) is 0.845. The molecule has 0 unspecified atom stereocenters. The fourth-order valence-electron chi connectivity index (χ4n) is 2.45. The molecule has 1 aliphatic heterocycles. The largest absolute Gasteiger partial charge is 0.354 e. The number of halogens is 1. The third-order valence-corrected chi connectivity index (χ3v) is 3.67. The Kier molecular flexibility index (Phi) is 3.33. The van der Waals surface area contributed by atoms with E-state index in [0.29, 0.717) is 5.15 Å². The number of hydrogen-bond acceptors (Lipinski definition) is 3. The number of aromatic nitrogens is 2. The van der Waals surface area contributed by atoms with Crippen LogP contribution in [0.5, 0.6) is 0 Å². The van der Waals surface area contributed by atoms with Gasteiger partial charge in [-0.2, -0.15) is 0 Å². The molecule has 0 bridgehead atoms. The maximum Gasteiger partial charge on any atom is 0.172 e. The van der Waals surface area contributed by atoms with Crippen LogP contribution >= 0.6 is 11.6 Å². The summed E-state index contributed by atoms with van der Waals surface area (Å²) < 4.78 is 0. The van der Waals surface area contributed by atoms with Gasteiger partial charge in [0.05, 0.1) is 11.0 Å². The Morgan fingerprint density at radius 2 is 1.50 bits per heavy atom. The summed E-state index contributed by atoms with van der Waals surface area (Å²) in [7, 11) is 0. The van der Waals surface area contributed by atoms with E-state index in [1.165, 1.54) is 25.7 Å². The molecule has 0 atom stereocenters. The number of hydrogen-bond donors (Lipinski definition) is 0. The van der Waals surface area contributed by atoms with E-state index in [1.54, 1.807) is 0 Å². The van der Waals surface area contributed by atoms with Crippen LogP contribution in [-0.2, 0) is 0 Å². The highest BCUT2D eigenvalue weighted by Gasteiger charge is 2.16. The zero-order valence-electron chi connectivity index (χ0n) is 10.3. The lowest BCUT2D eigenvalue weighted by Gasteiger charge is -2.22.